The van der Waals surface area contributed by atoms with Gasteiger partial charge in [0.15, 0.2) is 18.1 Å². The molecule has 7 heteroatoms. The summed E-state index contributed by atoms with van der Waals surface area (Å²) < 4.78 is 44.2. The Labute approximate surface area is 161 Å². The highest BCUT2D eigenvalue weighted by molar-refractivity contribution is 5.74. The van der Waals surface area contributed by atoms with Crippen molar-refractivity contribution in [2.45, 2.75) is 38.7 Å². The molecule has 1 aliphatic heterocycles. The van der Waals surface area contributed by atoms with Gasteiger partial charge in [-0.15, -0.1) is 0 Å². The third-order valence-electron chi connectivity index (χ3n) is 4.57. The van der Waals surface area contributed by atoms with Crippen LogP contribution in [0.4, 0.5) is 8.78 Å². The number of hydrogen-bond donors (Lipinski definition) is 1. The summed E-state index contributed by atoms with van der Waals surface area (Å²) in [6.07, 6.45) is 0.701. The smallest absolute Gasteiger partial charge is 0.327 e. The molecule has 2 aromatic rings. The third kappa shape index (κ3) is 4.03. The average Bonchev–Trinajstić information content (AvgIpc) is 2.94. The van der Waals surface area contributed by atoms with Crippen molar-refractivity contribution in [3.63, 3.8) is 0 Å². The zero-order chi connectivity index (χ0) is 20.5. The molecule has 28 heavy (non-hydrogen) atoms. The molecule has 0 saturated heterocycles. The maximum atomic E-state index is 14.5. The van der Waals surface area contributed by atoms with E-state index in [9.17, 15) is 13.6 Å². The van der Waals surface area contributed by atoms with Gasteiger partial charge < -0.3 is 19.3 Å². The number of methoxy groups -OCH3 is 1. The highest BCUT2D eigenvalue weighted by atomic mass is 19.1. The topological polar surface area (TPSA) is 68.6 Å². The molecule has 150 valence electrons. The van der Waals surface area contributed by atoms with E-state index in [0.717, 1.165) is 5.56 Å². The van der Waals surface area contributed by atoms with Gasteiger partial charge in [0.05, 0.1) is 13.5 Å². The number of carbonyl (C=O) groups is 1. The second kappa shape index (κ2) is 7.66. The largest absolute Gasteiger partial charge is 0.578 e. The van der Waals surface area contributed by atoms with Gasteiger partial charge in [0.25, 0.3) is 0 Å². The first-order valence-corrected chi connectivity index (χ1v) is 8.99. The van der Waals surface area contributed by atoms with E-state index in [4.69, 9.17) is 14.6 Å². The Bertz CT molecular complexity index is 885. The van der Waals surface area contributed by atoms with Crippen LogP contribution in [0.1, 0.15) is 32.3 Å². The highest BCUT2D eigenvalue weighted by Crippen LogP contribution is 2.47. The third-order valence-corrected chi connectivity index (χ3v) is 4.57. The van der Waals surface area contributed by atoms with E-state index in [1.165, 1.54) is 12.1 Å². The van der Waals surface area contributed by atoms with Crippen molar-refractivity contribution in [3.8, 4) is 28.4 Å². The standard InChI is InChI=1S/C21H22F2O5/c1-21(2)11-14-13(6-7-17(26-3)19(14)28-21)12-9-15(22)20(16(23)10-12)27-8-4-5-18(24)25/h6-7,9-10H,4-5,8,11H2,1-3H3,(H,24,25)/p+1. The van der Waals surface area contributed by atoms with E-state index in [1.807, 2.05) is 13.8 Å². The number of aromatic hydroxyl groups is 1. The lowest BCUT2D eigenvalue weighted by Crippen LogP contribution is -2.24. The van der Waals surface area contributed by atoms with Gasteiger partial charge in [0.1, 0.15) is 5.60 Å². The molecule has 0 aliphatic carbocycles. The van der Waals surface area contributed by atoms with Gasteiger partial charge in [-0.1, -0.05) is 6.07 Å². The Hall–Kier alpha value is -2.83. The van der Waals surface area contributed by atoms with Crippen molar-refractivity contribution in [2.24, 2.45) is 0 Å². The minimum atomic E-state index is -0.968. The molecule has 0 atom stereocenters. The molecule has 0 unspecified atom stereocenters. The van der Waals surface area contributed by atoms with Crippen LogP contribution in [0.2, 0.25) is 0 Å². The monoisotopic (exact) mass is 393 g/mol. The molecule has 0 fully saturated rings. The summed E-state index contributed by atoms with van der Waals surface area (Å²) >= 11 is 0. The van der Waals surface area contributed by atoms with Gasteiger partial charge in [-0.05, 0) is 43.2 Å². The van der Waals surface area contributed by atoms with Crippen molar-refractivity contribution >= 4 is 5.97 Å². The first-order valence-electron chi connectivity index (χ1n) is 8.99. The summed E-state index contributed by atoms with van der Waals surface area (Å²) in [5.74, 6) is -1.74. The van der Waals surface area contributed by atoms with Crippen molar-refractivity contribution < 1.29 is 32.9 Å². The van der Waals surface area contributed by atoms with Crippen LogP contribution in [0, 0.1) is 11.6 Å². The van der Waals surface area contributed by atoms with Crippen molar-refractivity contribution in [3.05, 3.63) is 41.5 Å². The van der Waals surface area contributed by atoms with Crippen LogP contribution >= 0.6 is 0 Å². The van der Waals surface area contributed by atoms with Crippen LogP contribution in [0.15, 0.2) is 24.3 Å². The molecule has 5 nitrogen and oxygen atoms in total. The molecule has 0 amide bonds. The average molecular weight is 393 g/mol. The zero-order valence-electron chi connectivity index (χ0n) is 16.0. The Morgan fingerprint density at radius 3 is 2.57 bits per heavy atom. The molecular formula is C21H23F2O5+. The molecule has 1 aliphatic rings. The van der Waals surface area contributed by atoms with Crippen molar-refractivity contribution in [1.82, 2.24) is 0 Å². The molecule has 2 aromatic carbocycles. The quantitative estimate of drug-likeness (QED) is 0.557. The van der Waals surface area contributed by atoms with Crippen molar-refractivity contribution in [2.75, 3.05) is 13.7 Å². The first kappa shape index (κ1) is 19.9. The van der Waals surface area contributed by atoms with Crippen molar-refractivity contribution in [1.29, 1.82) is 0 Å². The summed E-state index contributed by atoms with van der Waals surface area (Å²) in [4.78, 5) is 10.5. The molecular weight excluding hydrogens is 370 g/mol. The molecule has 0 aromatic heterocycles. The van der Waals surface area contributed by atoms with Crippen LogP contribution in [-0.4, -0.2) is 35.1 Å². The summed E-state index contributed by atoms with van der Waals surface area (Å²) in [6, 6.07) is 5.97. The van der Waals surface area contributed by atoms with Gasteiger partial charge >= 0.3 is 11.7 Å². The minimum Gasteiger partial charge on any atom is -0.578 e. The number of halogens is 2. The maximum Gasteiger partial charge on any atom is 0.327 e. The summed E-state index contributed by atoms with van der Waals surface area (Å²) in [7, 11) is 1.55. The lowest BCUT2D eigenvalue weighted by molar-refractivity contribution is -0.137. The fraction of sp³-hybridized carbons (Fsp3) is 0.381. The zero-order valence-corrected chi connectivity index (χ0v) is 16.0. The molecule has 1 heterocycles. The van der Waals surface area contributed by atoms with Gasteiger partial charge in [-0.2, -0.15) is 8.78 Å². The molecule has 0 radical (unpaired) electrons. The fourth-order valence-corrected chi connectivity index (χ4v) is 3.36. The number of hydrogen-bond acceptors (Lipinski definition) is 3. The highest BCUT2D eigenvalue weighted by Gasteiger charge is 2.35. The number of carboxylic acids is 1. The van der Waals surface area contributed by atoms with E-state index in [2.05, 4.69) is 4.74 Å². The van der Waals surface area contributed by atoms with Gasteiger partial charge in [-0.25, -0.2) is 0 Å². The number of fused-ring (bicyclic) bond motifs is 1. The summed E-state index contributed by atoms with van der Waals surface area (Å²) in [6.45, 7) is 3.92. The van der Waals surface area contributed by atoms with Gasteiger partial charge in [0, 0.05) is 18.4 Å². The van der Waals surface area contributed by atoms with Crippen LogP contribution in [0.5, 0.6) is 17.2 Å². The SMILES string of the molecule is COc1ccc(-c2cc(F)c([OH+]CCCC(=O)O)c(F)c2)c2c1OC(C)(C)C2. The summed E-state index contributed by atoms with van der Waals surface area (Å²) in [5, 5.41) is 8.62. The number of aliphatic hydroxyl groups is 1. The normalized spacial score (nSPS) is 14.3. The van der Waals surface area contributed by atoms with Crippen LogP contribution in [0.3, 0.4) is 0 Å². The van der Waals surface area contributed by atoms with E-state index in [0.29, 0.717) is 29.0 Å². The molecule has 3 rings (SSSR count). The maximum absolute atomic E-state index is 14.5. The number of ether oxygens (including phenoxy) is 3. The number of aliphatic carboxylic acids is 1. The summed E-state index contributed by atoms with van der Waals surface area (Å²) in [5.41, 5.74) is 1.47. The number of benzene rings is 2. The Kier molecular flexibility index (Phi) is 5.45. The van der Waals surface area contributed by atoms with Crippen LogP contribution < -0.4 is 9.47 Å². The molecule has 2 N–H and O–H groups in total. The number of carboxylic acid groups (broad SMARTS) is 1. The Morgan fingerprint density at radius 2 is 1.96 bits per heavy atom. The fourth-order valence-electron chi connectivity index (χ4n) is 3.36. The van der Waals surface area contributed by atoms with E-state index in [1.54, 1.807) is 19.2 Å². The lowest BCUT2D eigenvalue weighted by Gasteiger charge is -2.17. The number of rotatable bonds is 7. The van der Waals surface area contributed by atoms with E-state index >= 15 is 0 Å². The van der Waals surface area contributed by atoms with Gasteiger partial charge in [-0.3, -0.25) is 4.79 Å². The Balaban J connectivity index is 1.92. The van der Waals surface area contributed by atoms with E-state index < -0.39 is 23.2 Å². The van der Waals surface area contributed by atoms with Crippen LogP contribution in [-0.2, 0) is 11.2 Å². The molecule has 0 spiro atoms. The molecule has 0 bridgehead atoms. The predicted molar refractivity (Wildman–Crippen MR) is 100 cm³/mol. The molecule has 0 saturated carbocycles. The lowest BCUT2D eigenvalue weighted by atomic mass is 9.93. The van der Waals surface area contributed by atoms with Gasteiger partial charge in [0.2, 0.25) is 11.6 Å². The second-order valence-corrected chi connectivity index (χ2v) is 7.33. The second-order valence-electron chi connectivity index (χ2n) is 7.33. The first-order chi connectivity index (χ1) is 13.2. The van der Waals surface area contributed by atoms with Crippen LogP contribution in [0.25, 0.3) is 11.1 Å². The predicted octanol–water partition coefficient (Wildman–Crippen LogP) is 4.46. The minimum absolute atomic E-state index is 0.0411. The Morgan fingerprint density at radius 1 is 1.29 bits per heavy atom. The van der Waals surface area contributed by atoms with E-state index in [-0.39, 0.29) is 25.2 Å².